The topological polar surface area (TPSA) is 81.9 Å². The number of likely N-dealkylation sites (tertiary alicyclic amines) is 1. The molecule has 1 aromatic rings. The van der Waals surface area contributed by atoms with Crippen LogP contribution in [0.15, 0.2) is 10.6 Å². The van der Waals surface area contributed by atoms with Crippen LogP contribution in [0.3, 0.4) is 0 Å². The van der Waals surface area contributed by atoms with Gasteiger partial charge in [0.15, 0.2) is 0 Å². The smallest absolute Gasteiger partial charge is 0.410 e. The van der Waals surface area contributed by atoms with Crippen molar-refractivity contribution in [3.05, 3.63) is 17.5 Å². The molecule has 7 heteroatoms. The first kappa shape index (κ1) is 14.4. The molecule has 1 aliphatic heterocycles. The first-order valence-electron chi connectivity index (χ1n) is 6.33. The highest BCUT2D eigenvalue weighted by Crippen LogP contribution is 2.28. The standard InChI is InChI=1S/C13H18N2O5/c1-13(2,3)19-12(17)15-6-8(7-15)9-5-10(20-14-9)11(16)18-4/h5,8H,6-7H2,1-4H3. The van der Waals surface area contributed by atoms with Crippen LogP contribution < -0.4 is 0 Å². The number of esters is 1. The molecule has 2 heterocycles. The molecule has 0 aliphatic carbocycles. The number of amides is 1. The quantitative estimate of drug-likeness (QED) is 0.769. The zero-order valence-corrected chi connectivity index (χ0v) is 12.0. The Balaban J connectivity index is 1.89. The fourth-order valence-electron chi connectivity index (χ4n) is 1.82. The predicted molar refractivity (Wildman–Crippen MR) is 68.4 cm³/mol. The first-order valence-corrected chi connectivity index (χ1v) is 6.33. The van der Waals surface area contributed by atoms with Gasteiger partial charge < -0.3 is 18.9 Å². The van der Waals surface area contributed by atoms with Gasteiger partial charge in [-0.15, -0.1) is 0 Å². The number of rotatable bonds is 2. The van der Waals surface area contributed by atoms with E-state index in [4.69, 9.17) is 9.26 Å². The molecule has 0 atom stereocenters. The molecule has 1 fully saturated rings. The monoisotopic (exact) mass is 282 g/mol. The summed E-state index contributed by atoms with van der Waals surface area (Å²) < 4.78 is 14.7. The van der Waals surface area contributed by atoms with Crippen molar-refractivity contribution in [1.82, 2.24) is 10.1 Å². The third-order valence-electron chi connectivity index (χ3n) is 2.87. The van der Waals surface area contributed by atoms with Gasteiger partial charge in [0.1, 0.15) is 5.60 Å². The molecule has 1 aliphatic rings. The first-order chi connectivity index (χ1) is 9.30. The second-order valence-electron chi connectivity index (χ2n) is 5.69. The molecule has 0 spiro atoms. The van der Waals surface area contributed by atoms with Crippen LogP contribution in [0.2, 0.25) is 0 Å². The van der Waals surface area contributed by atoms with Crippen molar-refractivity contribution in [1.29, 1.82) is 0 Å². The van der Waals surface area contributed by atoms with E-state index in [0.29, 0.717) is 18.8 Å². The molecule has 0 saturated carbocycles. The van der Waals surface area contributed by atoms with Crippen molar-refractivity contribution in [3.8, 4) is 0 Å². The van der Waals surface area contributed by atoms with Crippen LogP contribution in [0.4, 0.5) is 4.79 Å². The number of ether oxygens (including phenoxy) is 2. The normalized spacial score (nSPS) is 15.7. The molecule has 20 heavy (non-hydrogen) atoms. The van der Waals surface area contributed by atoms with Crippen molar-refractivity contribution in [2.75, 3.05) is 20.2 Å². The summed E-state index contributed by atoms with van der Waals surface area (Å²) in [5.74, 6) is -0.435. The summed E-state index contributed by atoms with van der Waals surface area (Å²) in [7, 11) is 1.28. The summed E-state index contributed by atoms with van der Waals surface area (Å²) >= 11 is 0. The minimum Gasteiger partial charge on any atom is -0.463 e. The molecule has 0 unspecified atom stereocenters. The molecule has 0 aromatic carbocycles. The summed E-state index contributed by atoms with van der Waals surface area (Å²) in [5.41, 5.74) is 0.138. The van der Waals surface area contributed by atoms with E-state index in [1.165, 1.54) is 7.11 Å². The van der Waals surface area contributed by atoms with Gasteiger partial charge in [-0.05, 0) is 20.8 Å². The Kier molecular flexibility index (Phi) is 3.69. The zero-order chi connectivity index (χ0) is 14.9. The van der Waals surface area contributed by atoms with E-state index >= 15 is 0 Å². The minimum atomic E-state index is -0.563. The highest BCUT2D eigenvalue weighted by molar-refractivity contribution is 5.86. The molecule has 1 saturated heterocycles. The van der Waals surface area contributed by atoms with Crippen LogP contribution in [0.5, 0.6) is 0 Å². The molecule has 0 bridgehead atoms. The number of methoxy groups -OCH3 is 1. The second-order valence-corrected chi connectivity index (χ2v) is 5.69. The second kappa shape index (κ2) is 5.15. The maximum Gasteiger partial charge on any atom is 0.410 e. The van der Waals surface area contributed by atoms with Gasteiger partial charge in [0.25, 0.3) is 0 Å². The lowest BCUT2D eigenvalue weighted by atomic mass is 9.97. The molecule has 1 aromatic heterocycles. The Labute approximate surface area is 116 Å². The van der Waals surface area contributed by atoms with Gasteiger partial charge >= 0.3 is 12.1 Å². The third kappa shape index (κ3) is 3.09. The lowest BCUT2D eigenvalue weighted by Gasteiger charge is -2.38. The Hall–Kier alpha value is -2.05. The van der Waals surface area contributed by atoms with Crippen LogP contribution in [0, 0.1) is 0 Å². The predicted octanol–water partition coefficient (Wildman–Crippen LogP) is 1.80. The van der Waals surface area contributed by atoms with Crippen molar-refractivity contribution < 1.29 is 23.6 Å². The summed E-state index contributed by atoms with van der Waals surface area (Å²) in [6.45, 7) is 6.47. The summed E-state index contributed by atoms with van der Waals surface area (Å²) in [6, 6.07) is 1.54. The molecule has 2 rings (SSSR count). The van der Waals surface area contributed by atoms with Crippen molar-refractivity contribution >= 4 is 12.1 Å². The van der Waals surface area contributed by atoms with Crippen molar-refractivity contribution in [2.45, 2.75) is 32.3 Å². The molecular formula is C13H18N2O5. The molecule has 0 N–H and O–H groups in total. The number of nitrogens with zero attached hydrogens (tertiary/aromatic N) is 2. The Bertz CT molecular complexity index is 511. The number of carbonyl (C=O) groups is 2. The maximum absolute atomic E-state index is 11.8. The van der Waals surface area contributed by atoms with Crippen LogP contribution in [-0.2, 0) is 9.47 Å². The molecular weight excluding hydrogens is 264 g/mol. The van der Waals surface area contributed by atoms with E-state index in [0.717, 1.165) is 0 Å². The number of aromatic nitrogens is 1. The Morgan fingerprint density at radius 1 is 1.40 bits per heavy atom. The lowest BCUT2D eigenvalue weighted by molar-refractivity contribution is 0.00763. The van der Waals surface area contributed by atoms with Gasteiger partial charge in [0.2, 0.25) is 5.76 Å². The third-order valence-corrected chi connectivity index (χ3v) is 2.87. The zero-order valence-electron chi connectivity index (χ0n) is 12.0. The number of hydrogen-bond acceptors (Lipinski definition) is 6. The van der Waals surface area contributed by atoms with E-state index in [1.807, 2.05) is 20.8 Å². The average Bonchev–Trinajstić information content (AvgIpc) is 2.72. The van der Waals surface area contributed by atoms with E-state index in [1.54, 1.807) is 11.0 Å². The molecule has 1 amide bonds. The molecule has 0 radical (unpaired) electrons. The van der Waals surface area contributed by atoms with E-state index in [2.05, 4.69) is 9.89 Å². The Morgan fingerprint density at radius 2 is 2.05 bits per heavy atom. The Morgan fingerprint density at radius 3 is 2.60 bits per heavy atom. The maximum atomic E-state index is 11.8. The number of hydrogen-bond donors (Lipinski definition) is 0. The number of carbonyl (C=O) groups excluding carboxylic acids is 2. The average molecular weight is 282 g/mol. The van der Waals surface area contributed by atoms with Gasteiger partial charge in [-0.25, -0.2) is 9.59 Å². The van der Waals surface area contributed by atoms with Crippen LogP contribution in [-0.4, -0.2) is 47.9 Å². The highest BCUT2D eigenvalue weighted by atomic mass is 16.6. The van der Waals surface area contributed by atoms with Gasteiger partial charge in [0, 0.05) is 25.1 Å². The van der Waals surface area contributed by atoms with Gasteiger partial charge in [-0.1, -0.05) is 5.16 Å². The molecule has 110 valence electrons. The minimum absolute atomic E-state index is 0.0599. The van der Waals surface area contributed by atoms with E-state index in [-0.39, 0.29) is 17.8 Å². The van der Waals surface area contributed by atoms with Crippen molar-refractivity contribution in [2.24, 2.45) is 0 Å². The highest BCUT2D eigenvalue weighted by Gasteiger charge is 2.36. The fraction of sp³-hybridized carbons (Fsp3) is 0.615. The van der Waals surface area contributed by atoms with Crippen LogP contribution in [0.25, 0.3) is 0 Å². The SMILES string of the molecule is COC(=O)c1cc(C2CN(C(=O)OC(C)(C)C)C2)no1. The largest absolute Gasteiger partial charge is 0.463 e. The summed E-state index contributed by atoms with van der Waals surface area (Å²) in [4.78, 5) is 24.6. The van der Waals surface area contributed by atoms with E-state index in [9.17, 15) is 9.59 Å². The summed E-state index contributed by atoms with van der Waals surface area (Å²) in [5, 5.41) is 3.82. The fourth-order valence-corrected chi connectivity index (χ4v) is 1.82. The van der Waals surface area contributed by atoms with Gasteiger partial charge in [-0.2, -0.15) is 0 Å². The molecule has 7 nitrogen and oxygen atoms in total. The summed E-state index contributed by atoms with van der Waals surface area (Å²) in [6.07, 6.45) is -0.342. The van der Waals surface area contributed by atoms with Crippen LogP contribution >= 0.6 is 0 Å². The van der Waals surface area contributed by atoms with Crippen LogP contribution in [0.1, 0.15) is 42.9 Å². The van der Waals surface area contributed by atoms with E-state index < -0.39 is 11.6 Å². The van der Waals surface area contributed by atoms with Gasteiger partial charge in [0.05, 0.1) is 12.8 Å². The van der Waals surface area contributed by atoms with Gasteiger partial charge in [-0.3, -0.25) is 0 Å². The lowest BCUT2D eigenvalue weighted by Crippen LogP contribution is -2.50. The van der Waals surface area contributed by atoms with Crippen molar-refractivity contribution in [3.63, 3.8) is 0 Å².